The van der Waals surface area contributed by atoms with E-state index in [0.717, 1.165) is 54.9 Å². The van der Waals surface area contributed by atoms with Crippen molar-refractivity contribution in [2.75, 3.05) is 23.7 Å². The molecule has 6 heteroatoms. The number of nitrogens with one attached hydrogen (secondary N) is 2. The molecule has 19 heavy (non-hydrogen) atoms. The van der Waals surface area contributed by atoms with Gasteiger partial charge in [-0.3, -0.25) is 0 Å². The number of rotatable bonds is 6. The highest BCUT2D eigenvalue weighted by Gasteiger charge is 2.22. The third kappa shape index (κ3) is 4.04. The summed E-state index contributed by atoms with van der Waals surface area (Å²) in [5.41, 5.74) is 0. The second kappa shape index (κ2) is 7.05. The van der Waals surface area contributed by atoms with E-state index in [2.05, 4.69) is 43.5 Å². The van der Waals surface area contributed by atoms with E-state index in [9.17, 15) is 5.11 Å². The Hall–Kier alpha value is -0.880. The molecule has 3 N–H and O–H groups in total. The number of hydrogen-bond donors (Lipinski definition) is 3. The zero-order chi connectivity index (χ0) is 13.7. The molecule has 0 bridgehead atoms. The normalized spacial score (nSPS) is 22.5. The molecular formula is C13H21BrN4O. The summed E-state index contributed by atoms with van der Waals surface area (Å²) in [7, 11) is 0. The third-order valence-corrected chi connectivity index (χ3v) is 4.15. The Labute approximate surface area is 122 Å². The Bertz CT molecular complexity index is 416. The van der Waals surface area contributed by atoms with Crippen LogP contribution >= 0.6 is 15.9 Å². The quantitative estimate of drug-likeness (QED) is 0.748. The Balaban J connectivity index is 1.92. The molecule has 2 atom stereocenters. The first kappa shape index (κ1) is 14.5. The van der Waals surface area contributed by atoms with E-state index < -0.39 is 0 Å². The van der Waals surface area contributed by atoms with Gasteiger partial charge >= 0.3 is 0 Å². The summed E-state index contributed by atoms with van der Waals surface area (Å²) < 4.78 is 0.877. The molecule has 0 spiro atoms. The lowest BCUT2D eigenvalue weighted by molar-refractivity contribution is 0.178. The molecule has 2 rings (SSSR count). The molecule has 106 valence electrons. The van der Waals surface area contributed by atoms with Crippen molar-refractivity contribution in [3.63, 3.8) is 0 Å². The van der Waals surface area contributed by atoms with Gasteiger partial charge in [0.15, 0.2) is 0 Å². The molecule has 1 aliphatic rings. The van der Waals surface area contributed by atoms with E-state index in [4.69, 9.17) is 0 Å². The van der Waals surface area contributed by atoms with Gasteiger partial charge in [-0.1, -0.05) is 6.92 Å². The highest BCUT2D eigenvalue weighted by atomic mass is 79.9. The van der Waals surface area contributed by atoms with Crippen molar-refractivity contribution < 1.29 is 5.11 Å². The number of aromatic nitrogens is 2. The summed E-state index contributed by atoms with van der Waals surface area (Å²) in [4.78, 5) is 8.47. The molecule has 1 fully saturated rings. The second-order valence-electron chi connectivity index (χ2n) is 5.03. The Morgan fingerprint density at radius 2 is 2.05 bits per heavy atom. The molecule has 1 aliphatic carbocycles. The highest BCUT2D eigenvalue weighted by molar-refractivity contribution is 9.10. The van der Waals surface area contributed by atoms with E-state index in [1.165, 1.54) is 0 Å². The molecule has 1 saturated carbocycles. The zero-order valence-electron chi connectivity index (χ0n) is 11.2. The topological polar surface area (TPSA) is 70.1 Å². The van der Waals surface area contributed by atoms with Crippen LogP contribution in [0.5, 0.6) is 0 Å². The van der Waals surface area contributed by atoms with Crippen molar-refractivity contribution in [3.8, 4) is 0 Å². The van der Waals surface area contributed by atoms with Crippen LogP contribution in [-0.4, -0.2) is 34.3 Å². The SMILES string of the molecule is CCCNc1ncnc(NCC2CCC(O)C2)c1Br. The van der Waals surface area contributed by atoms with E-state index in [-0.39, 0.29) is 6.10 Å². The molecule has 1 aromatic heterocycles. The van der Waals surface area contributed by atoms with Gasteiger partial charge in [0.1, 0.15) is 22.4 Å². The van der Waals surface area contributed by atoms with Crippen molar-refractivity contribution in [3.05, 3.63) is 10.8 Å². The zero-order valence-corrected chi connectivity index (χ0v) is 12.8. The molecule has 0 saturated heterocycles. The van der Waals surface area contributed by atoms with Gasteiger partial charge in [-0.05, 0) is 47.5 Å². The fraction of sp³-hybridized carbons (Fsp3) is 0.692. The minimum absolute atomic E-state index is 0.123. The van der Waals surface area contributed by atoms with Gasteiger partial charge in [-0.2, -0.15) is 0 Å². The van der Waals surface area contributed by atoms with Crippen LogP contribution in [0.15, 0.2) is 10.8 Å². The number of anilines is 2. The predicted molar refractivity (Wildman–Crippen MR) is 80.4 cm³/mol. The van der Waals surface area contributed by atoms with Crippen LogP contribution in [0, 0.1) is 5.92 Å². The fourth-order valence-electron chi connectivity index (χ4n) is 2.33. The minimum atomic E-state index is -0.123. The lowest BCUT2D eigenvalue weighted by Gasteiger charge is -2.14. The molecule has 5 nitrogen and oxygen atoms in total. The molecule has 0 aromatic carbocycles. The first-order chi connectivity index (χ1) is 9.20. The first-order valence-corrected chi connectivity index (χ1v) is 7.66. The number of aliphatic hydroxyl groups is 1. The van der Waals surface area contributed by atoms with Gasteiger partial charge in [0.25, 0.3) is 0 Å². The number of hydrogen-bond acceptors (Lipinski definition) is 5. The largest absolute Gasteiger partial charge is 0.393 e. The van der Waals surface area contributed by atoms with Gasteiger partial charge in [-0.25, -0.2) is 9.97 Å². The van der Waals surface area contributed by atoms with Crippen molar-refractivity contribution >= 4 is 27.6 Å². The summed E-state index contributed by atoms with van der Waals surface area (Å²) in [5.74, 6) is 2.17. The van der Waals surface area contributed by atoms with Crippen LogP contribution in [-0.2, 0) is 0 Å². The van der Waals surface area contributed by atoms with E-state index >= 15 is 0 Å². The smallest absolute Gasteiger partial charge is 0.145 e. The molecule has 1 aromatic rings. The highest BCUT2D eigenvalue weighted by Crippen LogP contribution is 2.29. The van der Waals surface area contributed by atoms with Crippen molar-refractivity contribution in [1.29, 1.82) is 0 Å². The Kier molecular flexibility index (Phi) is 5.39. The summed E-state index contributed by atoms with van der Waals surface area (Å²) in [6.07, 6.45) is 5.38. The lowest BCUT2D eigenvalue weighted by atomic mass is 10.1. The van der Waals surface area contributed by atoms with E-state index in [1.54, 1.807) is 6.33 Å². The molecule has 1 heterocycles. The summed E-state index contributed by atoms with van der Waals surface area (Å²) in [6, 6.07) is 0. The molecule has 2 unspecified atom stereocenters. The van der Waals surface area contributed by atoms with Gasteiger partial charge in [-0.15, -0.1) is 0 Å². The molecule has 0 aliphatic heterocycles. The van der Waals surface area contributed by atoms with Crippen LogP contribution < -0.4 is 10.6 Å². The van der Waals surface area contributed by atoms with Crippen LogP contribution in [0.2, 0.25) is 0 Å². The van der Waals surface area contributed by atoms with Crippen molar-refractivity contribution in [2.45, 2.75) is 38.7 Å². The van der Waals surface area contributed by atoms with Crippen molar-refractivity contribution in [1.82, 2.24) is 9.97 Å². The Morgan fingerprint density at radius 3 is 2.68 bits per heavy atom. The fourth-order valence-corrected chi connectivity index (χ4v) is 2.82. The van der Waals surface area contributed by atoms with E-state index in [0.29, 0.717) is 5.92 Å². The van der Waals surface area contributed by atoms with Gasteiger partial charge < -0.3 is 15.7 Å². The maximum Gasteiger partial charge on any atom is 0.145 e. The molecule has 0 amide bonds. The van der Waals surface area contributed by atoms with Crippen LogP contribution in [0.1, 0.15) is 32.6 Å². The van der Waals surface area contributed by atoms with Gasteiger partial charge in [0.2, 0.25) is 0 Å². The van der Waals surface area contributed by atoms with E-state index in [1.807, 2.05) is 0 Å². The van der Waals surface area contributed by atoms with Crippen LogP contribution in [0.3, 0.4) is 0 Å². The van der Waals surface area contributed by atoms with Crippen molar-refractivity contribution in [2.24, 2.45) is 5.92 Å². The maximum atomic E-state index is 9.52. The number of halogens is 1. The maximum absolute atomic E-state index is 9.52. The van der Waals surface area contributed by atoms with Gasteiger partial charge in [0, 0.05) is 13.1 Å². The lowest BCUT2D eigenvalue weighted by Crippen LogP contribution is -2.14. The average Bonchev–Trinajstić information content (AvgIpc) is 2.82. The van der Waals surface area contributed by atoms with Crippen LogP contribution in [0.25, 0.3) is 0 Å². The second-order valence-corrected chi connectivity index (χ2v) is 5.82. The summed E-state index contributed by atoms with van der Waals surface area (Å²) in [6.45, 7) is 3.86. The number of nitrogens with zero attached hydrogens (tertiary/aromatic N) is 2. The van der Waals surface area contributed by atoms with Crippen LogP contribution in [0.4, 0.5) is 11.6 Å². The summed E-state index contributed by atoms with van der Waals surface area (Å²) in [5, 5.41) is 16.1. The summed E-state index contributed by atoms with van der Waals surface area (Å²) >= 11 is 3.53. The average molecular weight is 329 g/mol. The van der Waals surface area contributed by atoms with Gasteiger partial charge in [0.05, 0.1) is 6.10 Å². The molecule has 0 radical (unpaired) electrons. The standard InChI is InChI=1S/C13H21BrN4O/c1-2-5-15-12-11(14)13(18-8-17-12)16-7-9-3-4-10(19)6-9/h8-10,19H,2-7H2,1H3,(H2,15,16,17,18). The number of aliphatic hydroxyl groups excluding tert-OH is 1. The Morgan fingerprint density at radius 1 is 1.32 bits per heavy atom. The predicted octanol–water partition coefficient (Wildman–Crippen LogP) is 2.63. The minimum Gasteiger partial charge on any atom is -0.393 e. The third-order valence-electron chi connectivity index (χ3n) is 3.40. The molecular weight excluding hydrogens is 308 g/mol. The first-order valence-electron chi connectivity index (χ1n) is 6.87. The monoisotopic (exact) mass is 328 g/mol.